The van der Waals surface area contributed by atoms with E-state index in [-0.39, 0.29) is 23.8 Å². The number of aryl methyl sites for hydroxylation is 1. The Bertz CT molecular complexity index is 1000. The molecule has 2 fully saturated rings. The van der Waals surface area contributed by atoms with Crippen LogP contribution in [-0.4, -0.2) is 77.8 Å². The minimum atomic E-state index is -0.0472. The number of hydrazone groups is 1. The van der Waals surface area contributed by atoms with E-state index in [2.05, 4.69) is 34.7 Å². The summed E-state index contributed by atoms with van der Waals surface area (Å²) in [6.45, 7) is 4.29. The number of amides is 2. The number of likely N-dealkylation sites (tertiary alicyclic amines) is 1. The number of thiophene rings is 1. The van der Waals surface area contributed by atoms with Gasteiger partial charge in [-0.05, 0) is 36.3 Å². The van der Waals surface area contributed by atoms with Crippen molar-refractivity contribution in [3.05, 3.63) is 58.3 Å². The molecule has 2 unspecified atom stereocenters. The van der Waals surface area contributed by atoms with Crippen LogP contribution in [0, 0.1) is 5.92 Å². The van der Waals surface area contributed by atoms with Crippen molar-refractivity contribution in [2.45, 2.75) is 38.3 Å². The zero-order valence-corrected chi connectivity index (χ0v) is 20.3. The maximum atomic E-state index is 13.4. The Labute approximate surface area is 205 Å². The lowest BCUT2D eigenvalue weighted by Crippen LogP contribution is -2.53. The van der Waals surface area contributed by atoms with Gasteiger partial charge in [0.25, 0.3) is 5.91 Å². The largest absolute Gasteiger partial charge is 0.378 e. The van der Waals surface area contributed by atoms with Gasteiger partial charge in [0, 0.05) is 43.4 Å². The average Bonchev–Trinajstić information content (AvgIpc) is 3.53. The number of ether oxygens (including phenoxy) is 1. The van der Waals surface area contributed by atoms with E-state index >= 15 is 0 Å². The third-order valence-corrected chi connectivity index (χ3v) is 7.93. The average molecular weight is 481 g/mol. The van der Waals surface area contributed by atoms with Crippen molar-refractivity contribution < 1.29 is 14.3 Å². The molecule has 2 amide bonds. The third kappa shape index (κ3) is 5.18. The van der Waals surface area contributed by atoms with E-state index < -0.39 is 0 Å². The molecule has 0 spiro atoms. The summed E-state index contributed by atoms with van der Waals surface area (Å²) in [4.78, 5) is 31.6. The Morgan fingerprint density at radius 2 is 1.85 bits per heavy atom. The van der Waals surface area contributed by atoms with Crippen LogP contribution in [0.1, 0.15) is 29.7 Å². The normalized spacial score (nSPS) is 22.5. The standard InChI is InChI=1S/C26H32N4O3S/c31-24(10-4-8-21-9-5-17-34-21)29-12-11-23-22(19-29)25(26(32)28-13-15-33-16-14-28)27-30(23)18-20-6-2-1-3-7-20/h1-3,5-7,9,17,22-23H,4,8,10-16,18-19H2. The van der Waals surface area contributed by atoms with E-state index in [0.717, 1.165) is 25.8 Å². The highest BCUT2D eigenvalue weighted by Crippen LogP contribution is 2.32. The summed E-state index contributed by atoms with van der Waals surface area (Å²) in [5, 5.41) is 9.04. The topological polar surface area (TPSA) is 65.5 Å². The molecule has 180 valence electrons. The second-order valence-electron chi connectivity index (χ2n) is 9.21. The van der Waals surface area contributed by atoms with Crippen molar-refractivity contribution in [1.29, 1.82) is 0 Å². The number of carbonyl (C=O) groups excluding carboxylic acids is 2. The molecule has 34 heavy (non-hydrogen) atoms. The highest BCUT2D eigenvalue weighted by Gasteiger charge is 2.45. The predicted octanol–water partition coefficient (Wildman–Crippen LogP) is 3.02. The number of rotatable bonds is 7. The van der Waals surface area contributed by atoms with Crippen molar-refractivity contribution in [2.24, 2.45) is 11.0 Å². The first kappa shape index (κ1) is 23.1. The van der Waals surface area contributed by atoms with Gasteiger partial charge in [-0.3, -0.25) is 14.6 Å². The number of benzene rings is 1. The summed E-state index contributed by atoms with van der Waals surface area (Å²) in [6, 6.07) is 14.6. The molecule has 0 bridgehead atoms. The molecule has 4 heterocycles. The minimum Gasteiger partial charge on any atom is -0.378 e. The quantitative estimate of drug-likeness (QED) is 0.611. The first-order chi connectivity index (χ1) is 16.7. The summed E-state index contributed by atoms with van der Waals surface area (Å²) in [7, 11) is 0. The number of fused-ring (bicyclic) bond motifs is 1. The van der Waals surface area contributed by atoms with Gasteiger partial charge < -0.3 is 14.5 Å². The first-order valence-corrected chi connectivity index (χ1v) is 13.1. The maximum Gasteiger partial charge on any atom is 0.270 e. The van der Waals surface area contributed by atoms with Crippen LogP contribution in [0.25, 0.3) is 0 Å². The Balaban J connectivity index is 1.27. The summed E-state index contributed by atoms with van der Waals surface area (Å²) < 4.78 is 5.44. The molecular weight excluding hydrogens is 448 g/mol. The molecule has 3 aliphatic heterocycles. The van der Waals surface area contributed by atoms with E-state index in [1.807, 2.05) is 28.0 Å². The Morgan fingerprint density at radius 1 is 1.03 bits per heavy atom. The molecular formula is C26H32N4O3S. The predicted molar refractivity (Wildman–Crippen MR) is 133 cm³/mol. The molecule has 2 aromatic rings. The van der Waals surface area contributed by atoms with Crippen LogP contribution in [-0.2, 0) is 27.3 Å². The molecule has 5 rings (SSSR count). The van der Waals surface area contributed by atoms with Crippen LogP contribution in [0.5, 0.6) is 0 Å². The van der Waals surface area contributed by atoms with Crippen molar-refractivity contribution in [3.63, 3.8) is 0 Å². The number of piperidine rings is 1. The molecule has 1 aromatic carbocycles. The van der Waals surface area contributed by atoms with E-state index in [1.165, 1.54) is 10.4 Å². The second kappa shape index (κ2) is 10.7. The van der Waals surface area contributed by atoms with Crippen molar-refractivity contribution in [2.75, 3.05) is 39.4 Å². The van der Waals surface area contributed by atoms with Crippen molar-refractivity contribution in [1.82, 2.24) is 14.8 Å². The van der Waals surface area contributed by atoms with Crippen LogP contribution in [0.4, 0.5) is 0 Å². The van der Waals surface area contributed by atoms with Crippen LogP contribution >= 0.6 is 11.3 Å². The van der Waals surface area contributed by atoms with Crippen molar-refractivity contribution >= 4 is 28.9 Å². The van der Waals surface area contributed by atoms with Gasteiger partial charge in [0.1, 0.15) is 5.71 Å². The molecule has 1 aromatic heterocycles. The Morgan fingerprint density at radius 3 is 2.62 bits per heavy atom. The molecule has 8 heteroatoms. The van der Waals surface area contributed by atoms with Crippen LogP contribution < -0.4 is 0 Å². The number of hydrogen-bond donors (Lipinski definition) is 0. The molecule has 3 aliphatic rings. The zero-order valence-electron chi connectivity index (χ0n) is 19.5. The molecule has 0 aliphatic carbocycles. The van der Waals surface area contributed by atoms with Gasteiger partial charge in [0.05, 0.1) is 25.8 Å². The molecule has 7 nitrogen and oxygen atoms in total. The summed E-state index contributed by atoms with van der Waals surface area (Å²) in [5.74, 6) is 0.143. The monoisotopic (exact) mass is 480 g/mol. The van der Waals surface area contributed by atoms with Crippen LogP contribution in [0.2, 0.25) is 0 Å². The Hall–Kier alpha value is -2.71. The molecule has 0 saturated carbocycles. The second-order valence-corrected chi connectivity index (χ2v) is 10.2. The fourth-order valence-electron chi connectivity index (χ4n) is 5.16. The first-order valence-electron chi connectivity index (χ1n) is 12.3. The van der Waals surface area contributed by atoms with Crippen LogP contribution in [0.15, 0.2) is 52.9 Å². The van der Waals surface area contributed by atoms with Gasteiger partial charge in [-0.25, -0.2) is 0 Å². The highest BCUT2D eigenvalue weighted by atomic mass is 32.1. The number of morpholine rings is 1. The van der Waals surface area contributed by atoms with Gasteiger partial charge in [-0.1, -0.05) is 36.4 Å². The van der Waals surface area contributed by atoms with Gasteiger partial charge in [-0.15, -0.1) is 11.3 Å². The summed E-state index contributed by atoms with van der Waals surface area (Å²) in [6.07, 6.45) is 3.18. The molecule has 2 saturated heterocycles. The number of carbonyl (C=O) groups is 2. The van der Waals surface area contributed by atoms with Gasteiger partial charge >= 0.3 is 0 Å². The van der Waals surface area contributed by atoms with E-state index in [1.54, 1.807) is 11.3 Å². The third-order valence-electron chi connectivity index (χ3n) is 7.00. The molecule has 0 N–H and O–H groups in total. The smallest absolute Gasteiger partial charge is 0.270 e. The van der Waals surface area contributed by atoms with E-state index in [4.69, 9.17) is 9.84 Å². The van der Waals surface area contributed by atoms with Gasteiger partial charge in [0.15, 0.2) is 0 Å². The number of nitrogens with zero attached hydrogens (tertiary/aromatic N) is 4. The minimum absolute atomic E-state index is 0.000793. The summed E-state index contributed by atoms with van der Waals surface area (Å²) in [5.41, 5.74) is 1.79. The Kier molecular flexibility index (Phi) is 7.25. The van der Waals surface area contributed by atoms with Gasteiger partial charge in [0.2, 0.25) is 5.91 Å². The zero-order chi connectivity index (χ0) is 23.3. The summed E-state index contributed by atoms with van der Waals surface area (Å²) >= 11 is 1.74. The SMILES string of the molecule is O=C(CCCc1cccs1)N1CCC2C(C1)C(C(=O)N1CCOCC1)=NN2Cc1ccccc1. The van der Waals surface area contributed by atoms with E-state index in [0.29, 0.717) is 51.5 Å². The lowest BCUT2D eigenvalue weighted by Gasteiger charge is -2.38. The lowest BCUT2D eigenvalue weighted by atomic mass is 9.87. The fraction of sp³-hybridized carbons (Fsp3) is 0.500. The fourth-order valence-corrected chi connectivity index (χ4v) is 5.91. The lowest BCUT2D eigenvalue weighted by molar-refractivity contribution is -0.134. The van der Waals surface area contributed by atoms with Gasteiger partial charge in [-0.2, -0.15) is 5.10 Å². The van der Waals surface area contributed by atoms with E-state index in [9.17, 15) is 9.59 Å². The molecule has 2 atom stereocenters. The molecule has 0 radical (unpaired) electrons. The number of hydrogen-bond acceptors (Lipinski definition) is 6. The van der Waals surface area contributed by atoms with Crippen molar-refractivity contribution in [3.8, 4) is 0 Å². The maximum absolute atomic E-state index is 13.4. The highest BCUT2D eigenvalue weighted by molar-refractivity contribution is 7.09. The van der Waals surface area contributed by atoms with Crippen LogP contribution in [0.3, 0.4) is 0 Å².